The summed E-state index contributed by atoms with van der Waals surface area (Å²) in [5, 5.41) is 5.94. The van der Waals surface area contributed by atoms with Crippen molar-refractivity contribution in [3.05, 3.63) is 95.1 Å². The van der Waals surface area contributed by atoms with Crippen molar-refractivity contribution < 1.29 is 14.0 Å². The zero-order valence-corrected chi connectivity index (χ0v) is 20.4. The molecular weight excluding hydrogens is 455 g/mol. The van der Waals surface area contributed by atoms with Gasteiger partial charge in [0.15, 0.2) is 0 Å². The number of rotatable bonds is 5. The minimum absolute atomic E-state index is 0.104. The predicted octanol–water partition coefficient (Wildman–Crippen LogP) is 5.44. The summed E-state index contributed by atoms with van der Waals surface area (Å²) in [5.74, 6) is -0.312. The maximum atomic E-state index is 13.2. The van der Waals surface area contributed by atoms with Gasteiger partial charge in [0.2, 0.25) is 5.91 Å². The van der Waals surface area contributed by atoms with Crippen LogP contribution in [0.4, 0.5) is 10.2 Å². The molecule has 0 aliphatic carbocycles. The number of benzene rings is 2. The molecule has 2 amide bonds. The molecule has 0 fully saturated rings. The molecule has 5 rings (SSSR count). The van der Waals surface area contributed by atoms with E-state index in [-0.39, 0.29) is 29.6 Å². The van der Waals surface area contributed by atoms with E-state index in [0.29, 0.717) is 23.4 Å². The molecule has 0 atom stereocenters. The summed E-state index contributed by atoms with van der Waals surface area (Å²) in [5.41, 5.74) is 6.36. The highest BCUT2D eigenvalue weighted by atomic mass is 19.1. The average molecular weight is 483 g/mol. The van der Waals surface area contributed by atoms with Crippen LogP contribution in [-0.2, 0) is 17.6 Å². The molecule has 1 aliphatic heterocycles. The molecular formula is C29H27FN4O2. The Morgan fingerprint density at radius 2 is 1.75 bits per heavy atom. The van der Waals surface area contributed by atoms with Gasteiger partial charge in [-0.15, -0.1) is 0 Å². The fraction of sp³-hybridized carbons (Fsp3) is 0.207. The zero-order chi connectivity index (χ0) is 25.4. The van der Waals surface area contributed by atoms with Crippen molar-refractivity contribution in [2.24, 2.45) is 0 Å². The third-order valence-electron chi connectivity index (χ3n) is 6.31. The number of carbonyl (C=O) groups is 2. The maximum Gasteiger partial charge on any atom is 0.254 e. The zero-order valence-electron chi connectivity index (χ0n) is 20.4. The topological polar surface area (TPSA) is 86.9 Å². The van der Waals surface area contributed by atoms with Gasteiger partial charge in [-0.25, -0.2) is 9.37 Å². The van der Waals surface area contributed by atoms with Crippen molar-refractivity contribution in [1.82, 2.24) is 15.3 Å². The van der Waals surface area contributed by atoms with Crippen LogP contribution in [0.1, 0.15) is 41.0 Å². The number of nitrogens with zero attached hydrogens (tertiary/aromatic N) is 1. The van der Waals surface area contributed by atoms with Gasteiger partial charge in [-0.3, -0.25) is 9.59 Å². The molecule has 3 heterocycles. The van der Waals surface area contributed by atoms with Gasteiger partial charge in [0, 0.05) is 35.0 Å². The van der Waals surface area contributed by atoms with E-state index >= 15 is 0 Å². The molecule has 7 heteroatoms. The van der Waals surface area contributed by atoms with E-state index in [4.69, 9.17) is 0 Å². The lowest BCUT2D eigenvalue weighted by molar-refractivity contribution is -0.115. The van der Waals surface area contributed by atoms with Crippen molar-refractivity contribution in [1.29, 1.82) is 0 Å². The lowest BCUT2D eigenvalue weighted by atomic mass is 9.88. The number of hydrogen-bond acceptors (Lipinski definition) is 3. The van der Waals surface area contributed by atoms with E-state index in [2.05, 4.69) is 20.6 Å². The second kappa shape index (κ2) is 9.07. The van der Waals surface area contributed by atoms with Crippen molar-refractivity contribution in [3.63, 3.8) is 0 Å². The smallest absolute Gasteiger partial charge is 0.254 e. The van der Waals surface area contributed by atoms with Gasteiger partial charge < -0.3 is 15.6 Å². The molecule has 1 aliphatic rings. The highest BCUT2D eigenvalue weighted by Crippen LogP contribution is 2.40. The fourth-order valence-corrected chi connectivity index (χ4v) is 4.65. The van der Waals surface area contributed by atoms with E-state index in [0.717, 1.165) is 33.6 Å². The number of hydrogen-bond donors (Lipinski definition) is 3. The van der Waals surface area contributed by atoms with Crippen LogP contribution in [0.5, 0.6) is 0 Å². The van der Waals surface area contributed by atoms with E-state index in [1.54, 1.807) is 24.4 Å². The second-order valence-electron chi connectivity index (χ2n) is 9.89. The molecule has 4 aromatic rings. The summed E-state index contributed by atoms with van der Waals surface area (Å²) in [6, 6.07) is 17.6. The van der Waals surface area contributed by atoms with Gasteiger partial charge in [0.05, 0.1) is 17.7 Å². The number of fused-ring (bicyclic) bond motifs is 1. The molecule has 0 spiro atoms. The number of H-pyrrole nitrogens is 1. The maximum absolute atomic E-state index is 13.2. The number of aryl methyl sites for hydroxylation is 1. The summed E-state index contributed by atoms with van der Waals surface area (Å²) in [4.78, 5) is 33.6. The monoisotopic (exact) mass is 482 g/mol. The highest BCUT2D eigenvalue weighted by Gasteiger charge is 2.35. The Balaban J connectivity index is 1.52. The van der Waals surface area contributed by atoms with Crippen molar-refractivity contribution in [3.8, 4) is 22.4 Å². The van der Waals surface area contributed by atoms with Crippen LogP contribution in [0, 0.1) is 12.7 Å². The minimum atomic E-state index is -0.367. The summed E-state index contributed by atoms with van der Waals surface area (Å²) in [6.07, 6.45) is 2.40. The van der Waals surface area contributed by atoms with Gasteiger partial charge in [-0.1, -0.05) is 42.0 Å². The van der Waals surface area contributed by atoms with Gasteiger partial charge >= 0.3 is 0 Å². The molecule has 182 valence electrons. The van der Waals surface area contributed by atoms with Gasteiger partial charge in [0.25, 0.3) is 5.91 Å². The average Bonchev–Trinajstić information content (AvgIpc) is 3.20. The number of anilines is 1. The first kappa shape index (κ1) is 23.5. The summed E-state index contributed by atoms with van der Waals surface area (Å²) >= 11 is 0. The van der Waals surface area contributed by atoms with Crippen LogP contribution >= 0.6 is 0 Å². The molecule has 36 heavy (non-hydrogen) atoms. The second-order valence-corrected chi connectivity index (χ2v) is 9.89. The SMILES string of the molecule is Cc1ccc(-c2c(-c3ccnc(NC(=O)Cc4ccc(F)cc4)c3)[nH]c3c2C(=O)NC(C)(C)C3)cc1. The van der Waals surface area contributed by atoms with Crippen LogP contribution in [0.3, 0.4) is 0 Å². The molecule has 3 N–H and O–H groups in total. The summed E-state index contributed by atoms with van der Waals surface area (Å²) in [6.45, 7) is 6.03. The molecule has 0 radical (unpaired) electrons. The normalized spacial score (nSPS) is 14.2. The Kier molecular flexibility index (Phi) is 5.92. The molecule has 2 aromatic carbocycles. The van der Waals surface area contributed by atoms with Crippen LogP contribution in [0.15, 0.2) is 66.9 Å². The third kappa shape index (κ3) is 4.77. The Morgan fingerprint density at radius 1 is 1.03 bits per heavy atom. The molecule has 0 unspecified atom stereocenters. The first-order valence-corrected chi connectivity index (χ1v) is 11.8. The van der Waals surface area contributed by atoms with E-state index in [1.807, 2.05) is 51.1 Å². The quantitative estimate of drug-likeness (QED) is 0.354. The molecule has 6 nitrogen and oxygen atoms in total. The van der Waals surface area contributed by atoms with E-state index in [9.17, 15) is 14.0 Å². The number of aromatic nitrogens is 2. The van der Waals surface area contributed by atoms with Crippen LogP contribution in [-0.4, -0.2) is 27.3 Å². The van der Waals surface area contributed by atoms with Gasteiger partial charge in [0.1, 0.15) is 11.6 Å². The fourth-order valence-electron chi connectivity index (χ4n) is 4.65. The number of carbonyl (C=O) groups excluding carboxylic acids is 2. The standard InChI is InChI=1S/C29H27FN4O2/c1-17-4-8-19(9-5-17)25-26-22(16-29(2,3)34-28(26)36)32-27(25)20-12-13-31-23(15-20)33-24(35)14-18-6-10-21(30)11-7-18/h4-13,15,32H,14,16H2,1-3H3,(H,34,36)(H,31,33,35). The molecule has 2 aromatic heterocycles. The largest absolute Gasteiger partial charge is 0.357 e. The third-order valence-corrected chi connectivity index (χ3v) is 6.31. The van der Waals surface area contributed by atoms with Crippen molar-refractivity contribution >= 4 is 17.6 Å². The molecule has 0 bridgehead atoms. The number of pyridine rings is 1. The number of aromatic amines is 1. The van der Waals surface area contributed by atoms with Gasteiger partial charge in [-0.2, -0.15) is 0 Å². The Morgan fingerprint density at radius 3 is 2.47 bits per heavy atom. The van der Waals surface area contributed by atoms with Crippen molar-refractivity contribution in [2.75, 3.05) is 5.32 Å². The highest BCUT2D eigenvalue weighted by molar-refractivity contribution is 6.07. The lowest BCUT2D eigenvalue weighted by Crippen LogP contribution is -2.49. The van der Waals surface area contributed by atoms with Gasteiger partial charge in [-0.05, 0) is 56.2 Å². The first-order chi connectivity index (χ1) is 17.2. The summed E-state index contributed by atoms with van der Waals surface area (Å²) < 4.78 is 13.2. The van der Waals surface area contributed by atoms with Crippen LogP contribution in [0.25, 0.3) is 22.4 Å². The molecule has 0 saturated heterocycles. The van der Waals surface area contributed by atoms with Crippen LogP contribution < -0.4 is 10.6 Å². The van der Waals surface area contributed by atoms with Crippen LogP contribution in [0.2, 0.25) is 0 Å². The number of amides is 2. The Bertz CT molecular complexity index is 1450. The first-order valence-electron chi connectivity index (χ1n) is 11.8. The predicted molar refractivity (Wildman–Crippen MR) is 138 cm³/mol. The van der Waals surface area contributed by atoms with E-state index < -0.39 is 0 Å². The van der Waals surface area contributed by atoms with E-state index in [1.165, 1.54) is 12.1 Å². The summed E-state index contributed by atoms with van der Waals surface area (Å²) in [7, 11) is 0. The lowest BCUT2D eigenvalue weighted by Gasteiger charge is -2.30. The Labute approximate surface area is 209 Å². The number of halogens is 1. The molecule has 0 saturated carbocycles. The number of nitrogens with one attached hydrogen (secondary N) is 3. The Hall–Kier alpha value is -4.26. The van der Waals surface area contributed by atoms with Crippen molar-refractivity contribution in [2.45, 2.75) is 39.2 Å². The minimum Gasteiger partial charge on any atom is -0.357 e.